The molecule has 0 spiro atoms. The smallest absolute Gasteiger partial charge is 0.281 e. The summed E-state index contributed by atoms with van der Waals surface area (Å²) in [6.45, 7) is -0.195. The summed E-state index contributed by atoms with van der Waals surface area (Å²) in [5.41, 5.74) is 1.52. The third kappa shape index (κ3) is 4.89. The molecule has 1 atom stereocenters. The summed E-state index contributed by atoms with van der Waals surface area (Å²) in [5, 5.41) is 8.06. The van der Waals surface area contributed by atoms with Crippen molar-refractivity contribution >= 4 is 17.5 Å². The molecule has 0 aliphatic carbocycles. The lowest BCUT2D eigenvalue weighted by Crippen LogP contribution is -2.47. The molecule has 0 bridgehead atoms. The summed E-state index contributed by atoms with van der Waals surface area (Å²) < 4.78 is 35.1. The monoisotopic (exact) mass is 229 g/mol. The van der Waals surface area contributed by atoms with Crippen LogP contribution in [0.3, 0.4) is 0 Å². The van der Waals surface area contributed by atoms with Gasteiger partial charge >= 0.3 is 12.1 Å². The van der Waals surface area contributed by atoms with E-state index in [1.54, 1.807) is 6.07 Å². The van der Waals surface area contributed by atoms with Crippen molar-refractivity contribution in [2.75, 3.05) is 13.6 Å². The summed E-state index contributed by atoms with van der Waals surface area (Å²) >= 11 is 5.32. The van der Waals surface area contributed by atoms with Gasteiger partial charge in [-0.25, -0.2) is 5.01 Å². The highest BCUT2D eigenvalue weighted by molar-refractivity contribution is 6.22. The number of nitrogens with zero attached hydrogens (tertiary/aromatic N) is 2. The number of halogens is 4. The van der Waals surface area contributed by atoms with Gasteiger partial charge in [0.15, 0.2) is 0 Å². The van der Waals surface area contributed by atoms with Crippen LogP contribution in [0.2, 0.25) is 0 Å². The molecule has 0 aromatic carbocycles. The SMILES string of the molecule is CN(CC(Cl)C#N)NC(=O)C(F)(F)F. The highest BCUT2D eigenvalue weighted by Gasteiger charge is 2.39. The number of carbonyl (C=O) groups is 1. The van der Waals surface area contributed by atoms with E-state index in [1.165, 1.54) is 12.5 Å². The summed E-state index contributed by atoms with van der Waals surface area (Å²) in [6.07, 6.45) is -4.94. The predicted octanol–water partition coefficient (Wildman–Crippen LogP) is 0.643. The number of hydrogen-bond donors (Lipinski definition) is 1. The molecule has 1 unspecified atom stereocenters. The first-order chi connectivity index (χ1) is 6.27. The summed E-state index contributed by atoms with van der Waals surface area (Å²) in [4.78, 5) is 10.3. The van der Waals surface area contributed by atoms with Crippen LogP contribution in [-0.4, -0.2) is 36.1 Å². The van der Waals surface area contributed by atoms with E-state index in [2.05, 4.69) is 0 Å². The van der Waals surface area contributed by atoms with Gasteiger partial charge in [0, 0.05) is 13.6 Å². The molecule has 0 heterocycles. The van der Waals surface area contributed by atoms with Gasteiger partial charge in [-0.3, -0.25) is 10.2 Å². The van der Waals surface area contributed by atoms with Gasteiger partial charge in [-0.15, -0.1) is 11.6 Å². The Morgan fingerprint density at radius 2 is 2.21 bits per heavy atom. The minimum absolute atomic E-state index is 0.195. The van der Waals surface area contributed by atoms with E-state index in [1.807, 2.05) is 0 Å². The van der Waals surface area contributed by atoms with Crippen LogP contribution in [0.4, 0.5) is 13.2 Å². The lowest BCUT2D eigenvalue weighted by molar-refractivity contribution is -0.178. The number of nitriles is 1. The molecule has 14 heavy (non-hydrogen) atoms. The zero-order valence-corrected chi connectivity index (χ0v) is 7.85. The molecule has 0 aliphatic heterocycles. The molecule has 0 radical (unpaired) electrons. The van der Waals surface area contributed by atoms with Crippen LogP contribution >= 0.6 is 11.6 Å². The minimum atomic E-state index is -4.94. The Hall–Kier alpha value is -1.00. The molecule has 4 nitrogen and oxygen atoms in total. The molecule has 0 fully saturated rings. The molecular weight excluding hydrogens is 223 g/mol. The molecule has 0 rings (SSSR count). The topological polar surface area (TPSA) is 56.1 Å². The molecule has 0 saturated carbocycles. The minimum Gasteiger partial charge on any atom is -0.281 e. The molecule has 8 heteroatoms. The first-order valence-corrected chi connectivity index (χ1v) is 3.83. The molecule has 80 valence electrons. The largest absolute Gasteiger partial charge is 0.472 e. The second-order valence-corrected chi connectivity index (χ2v) is 2.94. The van der Waals surface area contributed by atoms with Crippen molar-refractivity contribution < 1.29 is 18.0 Å². The van der Waals surface area contributed by atoms with E-state index >= 15 is 0 Å². The Morgan fingerprint density at radius 3 is 2.57 bits per heavy atom. The second kappa shape index (κ2) is 5.02. The van der Waals surface area contributed by atoms with Gasteiger partial charge < -0.3 is 0 Å². The van der Waals surface area contributed by atoms with Crippen LogP contribution in [0, 0.1) is 11.3 Å². The van der Waals surface area contributed by atoms with Crippen LogP contribution in [0.1, 0.15) is 0 Å². The van der Waals surface area contributed by atoms with Gasteiger partial charge in [-0.05, 0) is 0 Å². The highest BCUT2D eigenvalue weighted by Crippen LogP contribution is 2.14. The van der Waals surface area contributed by atoms with E-state index in [0.717, 1.165) is 5.01 Å². The van der Waals surface area contributed by atoms with Gasteiger partial charge in [0.25, 0.3) is 0 Å². The van der Waals surface area contributed by atoms with Crippen LogP contribution in [-0.2, 0) is 4.79 Å². The number of nitrogens with one attached hydrogen (secondary N) is 1. The number of carbonyl (C=O) groups excluding carboxylic acids is 1. The number of hydrogen-bond acceptors (Lipinski definition) is 3. The van der Waals surface area contributed by atoms with E-state index in [9.17, 15) is 18.0 Å². The van der Waals surface area contributed by atoms with Crippen molar-refractivity contribution in [2.45, 2.75) is 11.6 Å². The second-order valence-electron chi connectivity index (χ2n) is 2.42. The van der Waals surface area contributed by atoms with Gasteiger partial charge in [0.1, 0.15) is 5.38 Å². The maximum absolute atomic E-state index is 11.7. The Labute approximate surface area is 83.2 Å². The number of hydrazine groups is 1. The van der Waals surface area contributed by atoms with Gasteiger partial charge in [0.2, 0.25) is 0 Å². The Balaban J connectivity index is 4.03. The normalized spacial score (nSPS) is 13.5. The summed E-state index contributed by atoms with van der Waals surface area (Å²) in [7, 11) is 1.18. The zero-order valence-electron chi connectivity index (χ0n) is 7.10. The average molecular weight is 230 g/mol. The van der Waals surface area contributed by atoms with Crippen molar-refractivity contribution in [2.24, 2.45) is 0 Å². The maximum Gasteiger partial charge on any atom is 0.472 e. The molecule has 0 saturated heterocycles. The van der Waals surface area contributed by atoms with E-state index in [4.69, 9.17) is 16.9 Å². The van der Waals surface area contributed by atoms with Crippen LogP contribution < -0.4 is 5.43 Å². The van der Waals surface area contributed by atoms with E-state index < -0.39 is 17.5 Å². The van der Waals surface area contributed by atoms with Crippen molar-refractivity contribution in [3.63, 3.8) is 0 Å². The zero-order chi connectivity index (χ0) is 11.4. The molecular formula is C6H7ClF3N3O. The van der Waals surface area contributed by atoms with Crippen LogP contribution in [0.25, 0.3) is 0 Å². The molecule has 0 aromatic rings. The Bertz CT molecular complexity index is 250. The van der Waals surface area contributed by atoms with Gasteiger partial charge in [-0.1, -0.05) is 0 Å². The molecule has 1 amide bonds. The van der Waals surface area contributed by atoms with Crippen LogP contribution in [0.5, 0.6) is 0 Å². The van der Waals surface area contributed by atoms with Crippen molar-refractivity contribution in [3.8, 4) is 6.07 Å². The van der Waals surface area contributed by atoms with Gasteiger partial charge in [-0.2, -0.15) is 18.4 Å². The Kier molecular flexibility index (Phi) is 4.67. The highest BCUT2D eigenvalue weighted by atomic mass is 35.5. The molecule has 1 N–H and O–H groups in total. The van der Waals surface area contributed by atoms with Crippen molar-refractivity contribution in [1.82, 2.24) is 10.4 Å². The fourth-order valence-electron chi connectivity index (χ4n) is 0.564. The van der Waals surface area contributed by atoms with Crippen molar-refractivity contribution in [1.29, 1.82) is 5.26 Å². The quantitative estimate of drug-likeness (QED) is 0.571. The van der Waals surface area contributed by atoms with Crippen LogP contribution in [0.15, 0.2) is 0 Å². The first kappa shape index (κ1) is 13.0. The third-order valence-corrected chi connectivity index (χ3v) is 1.36. The van der Waals surface area contributed by atoms with E-state index in [-0.39, 0.29) is 6.54 Å². The average Bonchev–Trinajstić information content (AvgIpc) is 2.02. The summed E-state index contributed by atoms with van der Waals surface area (Å²) in [5.74, 6) is -2.10. The summed E-state index contributed by atoms with van der Waals surface area (Å²) in [6, 6.07) is 1.60. The molecule has 0 aliphatic rings. The lowest BCUT2D eigenvalue weighted by Gasteiger charge is -2.18. The fraction of sp³-hybridized carbons (Fsp3) is 0.667. The first-order valence-electron chi connectivity index (χ1n) is 3.40. The van der Waals surface area contributed by atoms with Gasteiger partial charge in [0.05, 0.1) is 6.07 Å². The number of amides is 1. The number of alkyl halides is 4. The predicted molar refractivity (Wildman–Crippen MR) is 42.1 cm³/mol. The standard InChI is InChI=1S/C6H7ClF3N3O/c1-13(3-4(7)2-11)12-5(14)6(8,9)10/h4H,3H2,1H3,(H,12,14). The van der Waals surface area contributed by atoms with E-state index in [0.29, 0.717) is 0 Å². The van der Waals surface area contributed by atoms with Crippen molar-refractivity contribution in [3.05, 3.63) is 0 Å². The Morgan fingerprint density at radius 1 is 1.71 bits per heavy atom. The molecule has 0 aromatic heterocycles. The lowest BCUT2D eigenvalue weighted by atomic mass is 10.4. The third-order valence-electron chi connectivity index (χ3n) is 1.12. The maximum atomic E-state index is 11.7. The fourth-order valence-corrected chi connectivity index (χ4v) is 0.771. The number of rotatable bonds is 3.